The molecule has 3 aromatic rings. The van der Waals surface area contributed by atoms with E-state index in [1.54, 1.807) is 25.1 Å². The van der Waals surface area contributed by atoms with Crippen LogP contribution in [0.2, 0.25) is 0 Å². The van der Waals surface area contributed by atoms with Gasteiger partial charge < -0.3 is 9.84 Å². The van der Waals surface area contributed by atoms with Gasteiger partial charge in [-0.25, -0.2) is 4.79 Å². The topological polar surface area (TPSA) is 46.5 Å². The van der Waals surface area contributed by atoms with Crippen LogP contribution in [0.4, 0.5) is 0 Å². The number of ether oxygens (including phenoxy) is 1. The fraction of sp³-hybridized carbons (Fsp3) is 0.179. The Balaban J connectivity index is 0.000000236. The SMILES string of the molecule is C=C(C)C(=O)OC(C)(C)C.C=Cc1ccc2ccccc2c1.C=Cc1ccccc1O. The van der Waals surface area contributed by atoms with Crippen LogP contribution in [0.25, 0.3) is 22.9 Å². The van der Waals surface area contributed by atoms with Gasteiger partial charge in [-0.05, 0) is 56.2 Å². The zero-order valence-corrected chi connectivity index (χ0v) is 18.9. The number of hydrogen-bond acceptors (Lipinski definition) is 3. The molecule has 0 aliphatic rings. The maximum Gasteiger partial charge on any atom is 0.333 e. The number of fused-ring (bicyclic) bond motifs is 1. The van der Waals surface area contributed by atoms with Crippen LogP contribution in [0.5, 0.6) is 5.75 Å². The van der Waals surface area contributed by atoms with E-state index in [9.17, 15) is 4.79 Å². The fourth-order valence-electron chi connectivity index (χ4n) is 2.36. The van der Waals surface area contributed by atoms with Gasteiger partial charge in [0.25, 0.3) is 0 Å². The summed E-state index contributed by atoms with van der Waals surface area (Å²) in [6.07, 6.45) is 3.49. The van der Waals surface area contributed by atoms with E-state index in [-0.39, 0.29) is 11.7 Å². The van der Waals surface area contributed by atoms with Gasteiger partial charge in [0.1, 0.15) is 11.4 Å². The number of phenols is 1. The second-order valence-corrected chi connectivity index (χ2v) is 7.86. The van der Waals surface area contributed by atoms with Crippen LogP contribution in [-0.2, 0) is 9.53 Å². The molecule has 0 amide bonds. The number of phenolic OH excluding ortho intramolecular Hbond substituents is 1. The summed E-state index contributed by atoms with van der Waals surface area (Å²) in [5.41, 5.74) is 1.98. The number of rotatable bonds is 3. The third kappa shape index (κ3) is 9.64. The highest BCUT2D eigenvalue weighted by atomic mass is 16.6. The Hall–Kier alpha value is -3.59. The third-order valence-corrected chi connectivity index (χ3v) is 3.91. The van der Waals surface area contributed by atoms with E-state index in [0.29, 0.717) is 5.57 Å². The lowest BCUT2D eigenvalue weighted by Crippen LogP contribution is -2.23. The molecule has 0 aliphatic heterocycles. The van der Waals surface area contributed by atoms with Gasteiger partial charge in [-0.1, -0.05) is 86.5 Å². The first-order valence-corrected chi connectivity index (χ1v) is 9.98. The van der Waals surface area contributed by atoms with Gasteiger partial charge in [-0.2, -0.15) is 0 Å². The van der Waals surface area contributed by atoms with E-state index < -0.39 is 5.60 Å². The minimum atomic E-state index is -0.407. The fourth-order valence-corrected chi connectivity index (χ4v) is 2.36. The number of benzene rings is 3. The summed E-state index contributed by atoms with van der Waals surface area (Å²) in [6.45, 7) is 17.8. The van der Waals surface area contributed by atoms with E-state index in [0.717, 1.165) is 5.56 Å². The highest BCUT2D eigenvalue weighted by Crippen LogP contribution is 2.16. The molecule has 0 saturated carbocycles. The Labute approximate surface area is 186 Å². The summed E-state index contributed by atoms with van der Waals surface area (Å²) >= 11 is 0. The van der Waals surface area contributed by atoms with Crippen LogP contribution in [0.1, 0.15) is 38.8 Å². The van der Waals surface area contributed by atoms with Crippen molar-refractivity contribution >= 4 is 28.9 Å². The van der Waals surface area contributed by atoms with E-state index in [4.69, 9.17) is 9.84 Å². The Morgan fingerprint density at radius 2 is 1.48 bits per heavy atom. The zero-order valence-electron chi connectivity index (χ0n) is 18.9. The summed E-state index contributed by atoms with van der Waals surface area (Å²) in [7, 11) is 0. The van der Waals surface area contributed by atoms with Crippen molar-refractivity contribution in [2.45, 2.75) is 33.3 Å². The molecule has 3 rings (SSSR count). The van der Waals surface area contributed by atoms with Gasteiger partial charge in [-0.3, -0.25) is 0 Å². The Bertz CT molecular complexity index is 1040. The molecule has 1 N–H and O–H groups in total. The summed E-state index contributed by atoms with van der Waals surface area (Å²) in [5.74, 6) is -0.0417. The van der Waals surface area contributed by atoms with Gasteiger partial charge in [0.15, 0.2) is 0 Å². The Morgan fingerprint density at radius 1 is 0.903 bits per heavy atom. The van der Waals surface area contributed by atoms with E-state index in [2.05, 4.69) is 62.2 Å². The predicted octanol–water partition coefficient (Wildman–Crippen LogP) is 7.42. The van der Waals surface area contributed by atoms with Crippen LogP contribution in [0.3, 0.4) is 0 Å². The van der Waals surface area contributed by atoms with Crippen LogP contribution >= 0.6 is 0 Å². The second-order valence-electron chi connectivity index (χ2n) is 7.86. The lowest BCUT2D eigenvalue weighted by molar-refractivity contribution is -0.149. The van der Waals surface area contributed by atoms with Gasteiger partial charge in [0.05, 0.1) is 0 Å². The minimum Gasteiger partial charge on any atom is -0.507 e. The summed E-state index contributed by atoms with van der Waals surface area (Å²) in [6, 6.07) is 21.7. The Morgan fingerprint density at radius 3 is 1.94 bits per heavy atom. The predicted molar refractivity (Wildman–Crippen MR) is 133 cm³/mol. The van der Waals surface area contributed by atoms with Gasteiger partial charge >= 0.3 is 5.97 Å². The maximum atomic E-state index is 10.8. The number of aromatic hydroxyl groups is 1. The average Bonchev–Trinajstić information content (AvgIpc) is 2.73. The summed E-state index contributed by atoms with van der Waals surface area (Å²) in [4.78, 5) is 10.8. The first-order chi connectivity index (χ1) is 14.6. The molecule has 0 heterocycles. The van der Waals surface area contributed by atoms with Crippen molar-refractivity contribution in [3.63, 3.8) is 0 Å². The van der Waals surface area contributed by atoms with E-state index in [1.807, 2.05) is 39.0 Å². The molecule has 0 fully saturated rings. The molecule has 0 unspecified atom stereocenters. The molecular weight excluding hydrogens is 384 g/mol. The lowest BCUT2D eigenvalue weighted by Gasteiger charge is -2.19. The van der Waals surface area contributed by atoms with Crippen LogP contribution in [-0.4, -0.2) is 16.7 Å². The van der Waals surface area contributed by atoms with Gasteiger partial charge in [0.2, 0.25) is 0 Å². The quantitative estimate of drug-likeness (QED) is 0.357. The molecule has 0 spiro atoms. The van der Waals surface area contributed by atoms with E-state index >= 15 is 0 Å². The van der Waals surface area contributed by atoms with Crippen molar-refractivity contribution in [3.05, 3.63) is 103 Å². The van der Waals surface area contributed by atoms with Crippen molar-refractivity contribution in [3.8, 4) is 5.75 Å². The molecule has 3 heteroatoms. The first kappa shape index (κ1) is 25.4. The molecule has 0 aromatic heterocycles. The molecule has 3 nitrogen and oxygen atoms in total. The van der Waals surface area contributed by atoms with Crippen molar-refractivity contribution in [2.24, 2.45) is 0 Å². The number of carbonyl (C=O) groups excluding carboxylic acids is 1. The molecule has 0 bridgehead atoms. The first-order valence-electron chi connectivity index (χ1n) is 9.98. The summed E-state index contributed by atoms with van der Waals surface area (Å²) < 4.78 is 4.96. The highest BCUT2D eigenvalue weighted by molar-refractivity contribution is 5.87. The minimum absolute atomic E-state index is 0.285. The number of hydrogen-bond donors (Lipinski definition) is 1. The van der Waals surface area contributed by atoms with Crippen molar-refractivity contribution in [1.29, 1.82) is 0 Å². The standard InChI is InChI=1S/C12H10.C8H14O2.C8H8O/c1-2-10-7-8-11-5-3-4-6-12(11)9-10;1-6(2)7(9)10-8(3,4)5;1-2-7-5-3-4-6-8(7)9/h2-9H,1H2;1H2,2-5H3;2-6,9H,1H2. The molecular formula is C28H32O3. The van der Waals surface area contributed by atoms with E-state index in [1.165, 1.54) is 16.3 Å². The van der Waals surface area contributed by atoms with Crippen LogP contribution in [0, 0.1) is 0 Å². The molecule has 31 heavy (non-hydrogen) atoms. The highest BCUT2D eigenvalue weighted by Gasteiger charge is 2.15. The maximum absolute atomic E-state index is 10.8. The van der Waals surface area contributed by atoms with Crippen LogP contribution < -0.4 is 0 Å². The zero-order chi connectivity index (χ0) is 23.4. The number of carbonyl (C=O) groups is 1. The monoisotopic (exact) mass is 416 g/mol. The number of para-hydroxylation sites is 1. The van der Waals surface area contributed by atoms with Crippen molar-refractivity contribution in [1.82, 2.24) is 0 Å². The largest absolute Gasteiger partial charge is 0.507 e. The van der Waals surface area contributed by atoms with Gasteiger partial charge in [-0.15, -0.1) is 0 Å². The van der Waals surface area contributed by atoms with Crippen LogP contribution in [0.15, 0.2) is 92.0 Å². The normalized spacial score (nSPS) is 9.94. The average molecular weight is 417 g/mol. The molecule has 0 saturated heterocycles. The molecule has 162 valence electrons. The van der Waals surface area contributed by atoms with Crippen molar-refractivity contribution in [2.75, 3.05) is 0 Å². The molecule has 0 aliphatic carbocycles. The number of esters is 1. The van der Waals surface area contributed by atoms with Crippen molar-refractivity contribution < 1.29 is 14.6 Å². The second kappa shape index (κ2) is 12.2. The summed E-state index contributed by atoms with van der Waals surface area (Å²) in [5, 5.41) is 11.6. The molecule has 3 aromatic carbocycles. The molecule has 0 radical (unpaired) electrons. The van der Waals surface area contributed by atoms with Gasteiger partial charge in [0, 0.05) is 11.1 Å². The smallest absolute Gasteiger partial charge is 0.333 e. The lowest BCUT2D eigenvalue weighted by atomic mass is 10.1. The third-order valence-electron chi connectivity index (χ3n) is 3.91. The molecule has 0 atom stereocenters. The Kier molecular flexibility index (Phi) is 10.0.